The molecule has 6 heteroatoms. The van der Waals surface area contributed by atoms with Gasteiger partial charge in [0.1, 0.15) is 9.39 Å². The number of rotatable bonds is 2. The molecule has 0 saturated heterocycles. The Morgan fingerprint density at radius 3 is 3.00 bits per heavy atom. The van der Waals surface area contributed by atoms with E-state index in [4.69, 9.17) is 5.73 Å². The minimum atomic E-state index is -0.105. The fourth-order valence-corrected chi connectivity index (χ4v) is 1.91. The summed E-state index contributed by atoms with van der Waals surface area (Å²) < 4.78 is 0.602. The molecule has 0 amide bonds. The maximum atomic E-state index is 11.2. The summed E-state index contributed by atoms with van der Waals surface area (Å²) in [6, 6.07) is 0.667. The van der Waals surface area contributed by atoms with Crippen LogP contribution in [0.2, 0.25) is 0 Å². The minimum absolute atomic E-state index is 0.105. The standard InChI is InChI=1S/C8H11IN4O/c9-6-7(11-3-12-8(6)14)13-5-1-4(10)2-5/h3-5H,1-2,10H2,(H2,11,12,13,14). The van der Waals surface area contributed by atoms with E-state index in [1.807, 2.05) is 22.6 Å². The van der Waals surface area contributed by atoms with Crippen molar-refractivity contribution in [3.63, 3.8) is 0 Å². The Bertz CT molecular complexity index is 385. The lowest BCUT2D eigenvalue weighted by Gasteiger charge is -2.33. The van der Waals surface area contributed by atoms with Crippen molar-refractivity contribution in [1.29, 1.82) is 0 Å². The number of aromatic amines is 1. The van der Waals surface area contributed by atoms with Gasteiger partial charge in [-0.15, -0.1) is 0 Å². The lowest BCUT2D eigenvalue weighted by atomic mass is 9.88. The summed E-state index contributed by atoms with van der Waals surface area (Å²) in [4.78, 5) is 17.8. The summed E-state index contributed by atoms with van der Waals surface area (Å²) >= 11 is 1.98. The fourth-order valence-electron chi connectivity index (χ4n) is 1.46. The summed E-state index contributed by atoms with van der Waals surface area (Å²) in [7, 11) is 0. The van der Waals surface area contributed by atoms with Crippen LogP contribution in [-0.2, 0) is 0 Å². The third-order valence-electron chi connectivity index (χ3n) is 2.31. The molecule has 0 unspecified atom stereocenters. The van der Waals surface area contributed by atoms with Crippen molar-refractivity contribution in [2.24, 2.45) is 5.73 Å². The molecule has 14 heavy (non-hydrogen) atoms. The van der Waals surface area contributed by atoms with E-state index in [2.05, 4.69) is 15.3 Å². The molecule has 2 rings (SSSR count). The van der Waals surface area contributed by atoms with Gasteiger partial charge >= 0.3 is 0 Å². The van der Waals surface area contributed by atoms with Crippen molar-refractivity contribution in [3.05, 3.63) is 20.3 Å². The molecule has 1 saturated carbocycles. The van der Waals surface area contributed by atoms with E-state index in [0.29, 0.717) is 21.5 Å². The minimum Gasteiger partial charge on any atom is -0.366 e. The van der Waals surface area contributed by atoms with Crippen molar-refractivity contribution >= 4 is 28.4 Å². The molecule has 0 bridgehead atoms. The van der Waals surface area contributed by atoms with Crippen LogP contribution in [0, 0.1) is 3.57 Å². The van der Waals surface area contributed by atoms with Crippen LogP contribution in [0.25, 0.3) is 0 Å². The number of H-pyrrole nitrogens is 1. The van der Waals surface area contributed by atoms with E-state index in [-0.39, 0.29) is 5.56 Å². The average Bonchev–Trinajstić information content (AvgIpc) is 2.10. The Morgan fingerprint density at radius 2 is 2.36 bits per heavy atom. The number of anilines is 1. The summed E-state index contributed by atoms with van der Waals surface area (Å²) in [6.45, 7) is 0. The smallest absolute Gasteiger partial charge is 0.266 e. The van der Waals surface area contributed by atoms with Crippen molar-refractivity contribution in [2.45, 2.75) is 24.9 Å². The molecule has 0 radical (unpaired) electrons. The lowest BCUT2D eigenvalue weighted by Crippen LogP contribution is -2.44. The Balaban J connectivity index is 2.10. The second kappa shape index (κ2) is 3.85. The largest absolute Gasteiger partial charge is 0.366 e. The zero-order chi connectivity index (χ0) is 10.1. The highest BCUT2D eigenvalue weighted by atomic mass is 127. The van der Waals surface area contributed by atoms with Crippen molar-refractivity contribution in [3.8, 4) is 0 Å². The first kappa shape index (κ1) is 9.91. The first-order valence-electron chi connectivity index (χ1n) is 4.42. The SMILES string of the molecule is NC1CC(Nc2nc[nH]c(=O)c2I)C1. The Hall–Kier alpha value is -0.630. The molecule has 1 heterocycles. The molecule has 0 spiro atoms. The van der Waals surface area contributed by atoms with Crippen LogP contribution >= 0.6 is 22.6 Å². The lowest BCUT2D eigenvalue weighted by molar-refractivity contribution is 0.372. The number of hydrogen-bond donors (Lipinski definition) is 3. The van der Waals surface area contributed by atoms with E-state index >= 15 is 0 Å². The first-order chi connectivity index (χ1) is 6.66. The molecule has 0 aromatic carbocycles. The molecule has 0 aliphatic heterocycles. The second-order valence-electron chi connectivity index (χ2n) is 3.47. The van der Waals surface area contributed by atoms with Crippen LogP contribution in [0.4, 0.5) is 5.82 Å². The molecule has 1 aliphatic rings. The van der Waals surface area contributed by atoms with Crippen LogP contribution in [0.3, 0.4) is 0 Å². The molecular formula is C8H11IN4O. The Morgan fingerprint density at radius 1 is 1.64 bits per heavy atom. The predicted molar refractivity (Wildman–Crippen MR) is 62.2 cm³/mol. The van der Waals surface area contributed by atoms with Crippen LogP contribution < -0.4 is 16.6 Å². The zero-order valence-electron chi connectivity index (χ0n) is 7.46. The van der Waals surface area contributed by atoms with Crippen molar-refractivity contribution < 1.29 is 0 Å². The molecule has 4 N–H and O–H groups in total. The van der Waals surface area contributed by atoms with E-state index in [1.165, 1.54) is 6.33 Å². The van der Waals surface area contributed by atoms with Gasteiger partial charge in [-0.25, -0.2) is 4.98 Å². The number of aromatic nitrogens is 2. The van der Waals surface area contributed by atoms with Crippen LogP contribution in [-0.4, -0.2) is 22.1 Å². The topological polar surface area (TPSA) is 83.8 Å². The van der Waals surface area contributed by atoms with Crippen molar-refractivity contribution in [1.82, 2.24) is 9.97 Å². The Labute approximate surface area is 94.6 Å². The maximum Gasteiger partial charge on any atom is 0.266 e. The number of halogens is 1. The van der Waals surface area contributed by atoms with Gasteiger partial charge in [-0.05, 0) is 35.4 Å². The van der Waals surface area contributed by atoms with Crippen molar-refractivity contribution in [2.75, 3.05) is 5.32 Å². The van der Waals surface area contributed by atoms with Crippen LogP contribution in [0.1, 0.15) is 12.8 Å². The molecule has 1 aromatic rings. The second-order valence-corrected chi connectivity index (χ2v) is 4.55. The molecular weight excluding hydrogens is 295 g/mol. The summed E-state index contributed by atoms with van der Waals surface area (Å²) in [6.07, 6.45) is 3.31. The highest BCUT2D eigenvalue weighted by Crippen LogP contribution is 2.22. The summed E-state index contributed by atoms with van der Waals surface area (Å²) in [5.41, 5.74) is 5.56. The molecule has 76 valence electrons. The van der Waals surface area contributed by atoms with Gasteiger partial charge in [-0.1, -0.05) is 0 Å². The number of nitrogens with zero attached hydrogens (tertiary/aromatic N) is 1. The van der Waals surface area contributed by atoms with E-state index in [1.54, 1.807) is 0 Å². The summed E-state index contributed by atoms with van der Waals surface area (Å²) in [5, 5.41) is 3.20. The predicted octanol–water partition coefficient (Wildman–Crippen LogP) is 0.276. The van der Waals surface area contributed by atoms with Gasteiger partial charge in [0.05, 0.1) is 6.33 Å². The average molecular weight is 306 g/mol. The molecule has 1 fully saturated rings. The summed E-state index contributed by atoms with van der Waals surface area (Å²) in [5.74, 6) is 0.659. The molecule has 1 aliphatic carbocycles. The van der Waals surface area contributed by atoms with Gasteiger partial charge in [0.25, 0.3) is 5.56 Å². The van der Waals surface area contributed by atoms with Gasteiger partial charge < -0.3 is 16.0 Å². The maximum absolute atomic E-state index is 11.2. The molecule has 5 nitrogen and oxygen atoms in total. The third-order valence-corrected chi connectivity index (χ3v) is 3.31. The number of nitrogens with two attached hydrogens (primary N) is 1. The zero-order valence-corrected chi connectivity index (χ0v) is 9.61. The van der Waals surface area contributed by atoms with Gasteiger partial charge in [-0.2, -0.15) is 0 Å². The van der Waals surface area contributed by atoms with Gasteiger partial charge in [0.15, 0.2) is 0 Å². The quantitative estimate of drug-likeness (QED) is 0.685. The number of nitrogens with one attached hydrogen (secondary N) is 2. The van der Waals surface area contributed by atoms with Crippen LogP contribution in [0.5, 0.6) is 0 Å². The van der Waals surface area contributed by atoms with E-state index < -0.39 is 0 Å². The highest BCUT2D eigenvalue weighted by molar-refractivity contribution is 14.1. The molecule has 1 aromatic heterocycles. The fraction of sp³-hybridized carbons (Fsp3) is 0.500. The van der Waals surface area contributed by atoms with Gasteiger partial charge in [0, 0.05) is 12.1 Å². The van der Waals surface area contributed by atoms with E-state index in [0.717, 1.165) is 12.8 Å². The van der Waals surface area contributed by atoms with E-state index in [9.17, 15) is 4.79 Å². The van der Waals surface area contributed by atoms with Gasteiger partial charge in [0.2, 0.25) is 0 Å². The first-order valence-corrected chi connectivity index (χ1v) is 5.50. The molecule has 0 atom stereocenters. The monoisotopic (exact) mass is 306 g/mol. The highest BCUT2D eigenvalue weighted by Gasteiger charge is 2.26. The number of hydrogen-bond acceptors (Lipinski definition) is 4. The third kappa shape index (κ3) is 1.90. The van der Waals surface area contributed by atoms with Crippen LogP contribution in [0.15, 0.2) is 11.1 Å². The Kier molecular flexibility index (Phi) is 2.73. The normalized spacial score (nSPS) is 25.6. The van der Waals surface area contributed by atoms with Gasteiger partial charge in [-0.3, -0.25) is 4.79 Å².